The summed E-state index contributed by atoms with van der Waals surface area (Å²) in [5.74, 6) is -0.702. The first kappa shape index (κ1) is 12.3. The molecule has 15 heavy (non-hydrogen) atoms. The lowest BCUT2D eigenvalue weighted by atomic mass is 10.4. The Labute approximate surface area is 92.1 Å². The van der Waals surface area contributed by atoms with Crippen LogP contribution in [-0.4, -0.2) is 21.6 Å². The zero-order valence-corrected chi connectivity index (χ0v) is 9.17. The lowest BCUT2D eigenvalue weighted by molar-refractivity contribution is -0.115. The summed E-state index contributed by atoms with van der Waals surface area (Å²) >= 11 is 0.805. The lowest BCUT2D eigenvalue weighted by Crippen LogP contribution is -2.25. The van der Waals surface area contributed by atoms with Gasteiger partial charge in [-0.25, -0.2) is 4.98 Å². The van der Waals surface area contributed by atoms with Crippen LogP contribution in [0.4, 0.5) is 18.3 Å². The van der Waals surface area contributed by atoms with Crippen LogP contribution in [0.2, 0.25) is 0 Å². The number of hydrogen-bond donors (Lipinski definition) is 1. The smallest absolute Gasteiger partial charge is 0.301 e. The van der Waals surface area contributed by atoms with Crippen molar-refractivity contribution in [2.45, 2.75) is 17.7 Å². The van der Waals surface area contributed by atoms with E-state index in [-0.39, 0.29) is 11.8 Å². The molecule has 0 radical (unpaired) electrons. The van der Waals surface area contributed by atoms with Gasteiger partial charge in [-0.3, -0.25) is 4.79 Å². The largest absolute Gasteiger partial charge is 0.442 e. The van der Waals surface area contributed by atoms with Crippen molar-refractivity contribution in [3.8, 4) is 0 Å². The number of thiazole rings is 1. The Balaban J connectivity index is 2.47. The molecule has 1 atom stereocenters. The van der Waals surface area contributed by atoms with Gasteiger partial charge in [-0.2, -0.15) is 13.2 Å². The highest BCUT2D eigenvalue weighted by atomic mass is 32.2. The minimum atomic E-state index is -4.40. The summed E-state index contributed by atoms with van der Waals surface area (Å²) in [5, 5.41) is 3.03. The van der Waals surface area contributed by atoms with Gasteiger partial charge in [0.2, 0.25) is 5.91 Å². The van der Waals surface area contributed by atoms with E-state index < -0.39 is 16.7 Å². The van der Waals surface area contributed by atoms with Crippen molar-refractivity contribution in [3.63, 3.8) is 0 Å². The van der Waals surface area contributed by atoms with Crippen molar-refractivity contribution >= 4 is 34.1 Å². The molecule has 1 amide bonds. The molecular weight excluding hydrogens is 249 g/mol. The number of aromatic nitrogens is 1. The van der Waals surface area contributed by atoms with Gasteiger partial charge in [0, 0.05) is 11.6 Å². The lowest BCUT2D eigenvalue weighted by Gasteiger charge is -2.12. The molecule has 0 bridgehead atoms. The Morgan fingerprint density at radius 3 is 2.80 bits per heavy atom. The Kier molecular flexibility index (Phi) is 3.97. The first-order valence-electron chi connectivity index (χ1n) is 3.83. The zero-order chi connectivity index (χ0) is 11.5. The number of hydrogen-bond acceptors (Lipinski definition) is 4. The van der Waals surface area contributed by atoms with Crippen molar-refractivity contribution in [2.75, 3.05) is 5.32 Å². The monoisotopic (exact) mass is 256 g/mol. The summed E-state index contributed by atoms with van der Waals surface area (Å²) < 4.78 is 35.7. The topological polar surface area (TPSA) is 42.0 Å². The van der Waals surface area contributed by atoms with E-state index in [1.54, 1.807) is 5.38 Å². The number of alkyl halides is 3. The molecule has 0 spiro atoms. The molecule has 0 fully saturated rings. The summed E-state index contributed by atoms with van der Waals surface area (Å²) in [6.07, 6.45) is 1.46. The van der Waals surface area contributed by atoms with Gasteiger partial charge < -0.3 is 5.32 Å². The molecule has 3 nitrogen and oxygen atoms in total. The fourth-order valence-electron chi connectivity index (χ4n) is 0.746. The summed E-state index contributed by atoms with van der Waals surface area (Å²) in [7, 11) is 0. The molecule has 0 aromatic carbocycles. The number of amides is 1. The van der Waals surface area contributed by atoms with Crippen LogP contribution in [0, 0.1) is 0 Å². The molecule has 1 rings (SSSR count). The van der Waals surface area contributed by atoms with E-state index in [0.717, 1.165) is 11.3 Å². The van der Waals surface area contributed by atoms with Crippen molar-refractivity contribution in [2.24, 2.45) is 0 Å². The van der Waals surface area contributed by atoms with Crippen LogP contribution in [0.25, 0.3) is 0 Å². The molecule has 0 saturated carbocycles. The van der Waals surface area contributed by atoms with Gasteiger partial charge in [0.15, 0.2) is 5.13 Å². The number of halogens is 3. The van der Waals surface area contributed by atoms with Gasteiger partial charge in [-0.05, 0) is 18.7 Å². The molecule has 1 heterocycles. The average molecular weight is 256 g/mol. The number of anilines is 1. The normalized spacial score (nSPS) is 13.6. The van der Waals surface area contributed by atoms with Crippen LogP contribution in [-0.2, 0) is 4.79 Å². The highest BCUT2D eigenvalue weighted by molar-refractivity contribution is 8.01. The number of thioether (sulfide) groups is 1. The molecule has 8 heteroatoms. The van der Waals surface area contributed by atoms with Crippen LogP contribution in [0.1, 0.15) is 6.92 Å². The quantitative estimate of drug-likeness (QED) is 0.904. The van der Waals surface area contributed by atoms with Crippen molar-refractivity contribution in [3.05, 3.63) is 11.6 Å². The van der Waals surface area contributed by atoms with Gasteiger partial charge in [0.1, 0.15) is 0 Å². The van der Waals surface area contributed by atoms with Crippen LogP contribution in [0.3, 0.4) is 0 Å². The third-order valence-corrected chi connectivity index (χ3v) is 2.87. The van der Waals surface area contributed by atoms with Crippen molar-refractivity contribution in [1.29, 1.82) is 0 Å². The summed E-state index contributed by atoms with van der Waals surface area (Å²) in [5.41, 5.74) is -4.40. The molecule has 1 aromatic heterocycles. The first-order chi connectivity index (χ1) is 6.88. The van der Waals surface area contributed by atoms with Gasteiger partial charge >= 0.3 is 5.51 Å². The van der Waals surface area contributed by atoms with Gasteiger partial charge in [0.25, 0.3) is 0 Å². The van der Waals surface area contributed by atoms with Crippen molar-refractivity contribution in [1.82, 2.24) is 4.98 Å². The fourth-order valence-corrected chi connectivity index (χ4v) is 1.84. The maximum absolute atomic E-state index is 11.9. The van der Waals surface area contributed by atoms with Crippen LogP contribution in [0.5, 0.6) is 0 Å². The molecule has 0 saturated heterocycles. The standard InChI is InChI=1S/C7H7F3N2OS2/c1-4(15-7(8,9)10)5(13)12-6-11-2-3-14-6/h2-4H,1H3,(H,11,12,13). The molecule has 1 unspecified atom stereocenters. The van der Waals surface area contributed by atoms with Crippen LogP contribution < -0.4 is 5.32 Å². The molecule has 0 aliphatic carbocycles. The number of nitrogens with zero attached hydrogens (tertiary/aromatic N) is 1. The summed E-state index contributed by atoms with van der Waals surface area (Å²) in [6.45, 7) is 1.20. The maximum atomic E-state index is 11.9. The second kappa shape index (κ2) is 4.84. The van der Waals surface area contributed by atoms with E-state index >= 15 is 0 Å². The first-order valence-corrected chi connectivity index (χ1v) is 5.59. The molecule has 1 aromatic rings. The van der Waals surface area contributed by atoms with E-state index in [2.05, 4.69) is 10.3 Å². The van der Waals surface area contributed by atoms with Gasteiger partial charge in [0.05, 0.1) is 5.25 Å². The SMILES string of the molecule is CC(SC(F)(F)F)C(=O)Nc1nccs1. The Hall–Kier alpha value is -0.760. The fraction of sp³-hybridized carbons (Fsp3) is 0.429. The van der Waals surface area contributed by atoms with Gasteiger partial charge in [-0.1, -0.05) is 0 Å². The number of carbonyl (C=O) groups is 1. The van der Waals surface area contributed by atoms with E-state index in [0.29, 0.717) is 5.13 Å². The molecule has 0 aliphatic rings. The van der Waals surface area contributed by atoms with E-state index in [1.807, 2.05) is 0 Å². The predicted molar refractivity (Wildman–Crippen MR) is 53.9 cm³/mol. The predicted octanol–water partition coefficient (Wildman–Crippen LogP) is 2.72. The third kappa shape index (κ3) is 4.52. The Morgan fingerprint density at radius 1 is 1.67 bits per heavy atom. The number of rotatable bonds is 3. The Bertz CT molecular complexity index is 325. The summed E-state index contributed by atoms with van der Waals surface area (Å²) in [4.78, 5) is 15.0. The maximum Gasteiger partial charge on any atom is 0.442 e. The molecule has 0 aliphatic heterocycles. The average Bonchev–Trinajstić information content (AvgIpc) is 2.53. The molecule has 84 valence electrons. The summed E-state index contributed by atoms with van der Waals surface area (Å²) in [6, 6.07) is 0. The van der Waals surface area contributed by atoms with E-state index in [9.17, 15) is 18.0 Å². The highest BCUT2D eigenvalue weighted by Gasteiger charge is 2.34. The van der Waals surface area contributed by atoms with Gasteiger partial charge in [-0.15, -0.1) is 11.3 Å². The Morgan fingerprint density at radius 2 is 2.33 bits per heavy atom. The van der Waals surface area contributed by atoms with Crippen LogP contribution in [0.15, 0.2) is 11.6 Å². The zero-order valence-electron chi connectivity index (χ0n) is 7.54. The van der Waals surface area contributed by atoms with Crippen molar-refractivity contribution < 1.29 is 18.0 Å². The van der Waals surface area contributed by atoms with Crippen LogP contribution >= 0.6 is 23.1 Å². The third-order valence-electron chi connectivity index (χ3n) is 1.34. The van der Waals surface area contributed by atoms with E-state index in [4.69, 9.17) is 0 Å². The minimum absolute atomic E-state index is 0.301. The highest BCUT2D eigenvalue weighted by Crippen LogP contribution is 2.34. The number of nitrogens with one attached hydrogen (secondary N) is 1. The second-order valence-corrected chi connectivity index (χ2v) is 4.83. The van der Waals surface area contributed by atoms with E-state index in [1.165, 1.54) is 13.1 Å². The number of carbonyl (C=O) groups excluding carboxylic acids is 1. The second-order valence-electron chi connectivity index (χ2n) is 2.53. The molecule has 1 N–H and O–H groups in total. The molecular formula is C7H7F3N2OS2. The minimum Gasteiger partial charge on any atom is -0.301 e.